The van der Waals surface area contributed by atoms with E-state index in [9.17, 15) is 4.79 Å². The third-order valence-corrected chi connectivity index (χ3v) is 1.79. The summed E-state index contributed by atoms with van der Waals surface area (Å²) in [4.78, 5) is 10.5. The Bertz CT molecular complexity index is 196. The van der Waals surface area contributed by atoms with E-state index in [1.807, 2.05) is 6.92 Å². The maximum atomic E-state index is 10.5. The van der Waals surface area contributed by atoms with Crippen molar-refractivity contribution in [1.82, 2.24) is 0 Å². The number of allylic oxidation sites excluding steroid dienone is 1. The molecule has 3 nitrogen and oxygen atoms in total. The molecule has 0 aliphatic carbocycles. The summed E-state index contributed by atoms with van der Waals surface area (Å²) >= 11 is 0. The van der Waals surface area contributed by atoms with E-state index in [1.165, 1.54) is 12.5 Å². The van der Waals surface area contributed by atoms with Crippen molar-refractivity contribution in [2.24, 2.45) is 0 Å². The van der Waals surface area contributed by atoms with Gasteiger partial charge in [-0.2, -0.15) is 0 Å². The van der Waals surface area contributed by atoms with Gasteiger partial charge in [-0.15, -0.1) is 0 Å². The van der Waals surface area contributed by atoms with Crippen molar-refractivity contribution < 1.29 is 14.3 Å². The molecule has 1 atom stereocenters. The second-order valence-electron chi connectivity index (χ2n) is 3.06. The minimum Gasteiger partial charge on any atom is -0.495 e. The third kappa shape index (κ3) is 2.95. The van der Waals surface area contributed by atoms with Crippen LogP contribution in [0.3, 0.4) is 0 Å². The minimum absolute atomic E-state index is 0.0533. The summed E-state index contributed by atoms with van der Waals surface area (Å²) in [6.07, 6.45) is 3.77. The summed E-state index contributed by atoms with van der Waals surface area (Å²) in [6, 6.07) is 0. The highest BCUT2D eigenvalue weighted by Crippen LogP contribution is 2.16. The predicted molar refractivity (Wildman–Crippen MR) is 44.5 cm³/mol. The van der Waals surface area contributed by atoms with E-state index in [-0.39, 0.29) is 12.1 Å². The highest BCUT2D eigenvalue weighted by molar-refractivity contribution is 5.65. The van der Waals surface area contributed by atoms with Gasteiger partial charge < -0.3 is 9.47 Å². The van der Waals surface area contributed by atoms with Crippen LogP contribution in [0.2, 0.25) is 0 Å². The molecule has 1 unspecified atom stereocenters. The lowest BCUT2D eigenvalue weighted by atomic mass is 10.1. The lowest BCUT2D eigenvalue weighted by Gasteiger charge is -2.20. The molecule has 1 rings (SSSR count). The van der Waals surface area contributed by atoms with Crippen LogP contribution < -0.4 is 0 Å². The zero-order chi connectivity index (χ0) is 8.97. The normalized spacial score (nSPS) is 22.5. The highest BCUT2D eigenvalue weighted by Gasteiger charge is 2.14. The molecule has 0 saturated heterocycles. The molecule has 0 N–H and O–H groups in total. The Morgan fingerprint density at radius 3 is 3.08 bits per heavy atom. The lowest BCUT2D eigenvalue weighted by Crippen LogP contribution is -2.21. The molecule has 0 radical (unpaired) electrons. The average molecular weight is 170 g/mol. The number of ether oxygens (including phenoxy) is 2. The van der Waals surface area contributed by atoms with Crippen molar-refractivity contribution in [3.8, 4) is 0 Å². The molecule has 0 fully saturated rings. The molecule has 68 valence electrons. The van der Waals surface area contributed by atoms with Crippen LogP contribution in [-0.2, 0) is 14.3 Å². The van der Waals surface area contributed by atoms with Gasteiger partial charge in [-0.05, 0) is 25.3 Å². The highest BCUT2D eigenvalue weighted by atomic mass is 16.6. The lowest BCUT2D eigenvalue weighted by molar-refractivity contribution is -0.144. The van der Waals surface area contributed by atoms with E-state index >= 15 is 0 Å². The predicted octanol–water partition coefficient (Wildman–Crippen LogP) is 1.63. The fourth-order valence-corrected chi connectivity index (χ4v) is 1.06. The SMILES string of the molecule is CC(=O)OCC1CCC(C)=CO1. The summed E-state index contributed by atoms with van der Waals surface area (Å²) < 4.78 is 10.1. The Labute approximate surface area is 72.4 Å². The average Bonchev–Trinajstić information content (AvgIpc) is 2.03. The van der Waals surface area contributed by atoms with Crippen molar-refractivity contribution in [3.63, 3.8) is 0 Å². The van der Waals surface area contributed by atoms with Gasteiger partial charge in [0.25, 0.3) is 0 Å². The van der Waals surface area contributed by atoms with Crippen LogP contribution in [0.5, 0.6) is 0 Å². The van der Waals surface area contributed by atoms with E-state index in [2.05, 4.69) is 0 Å². The zero-order valence-corrected chi connectivity index (χ0v) is 7.50. The van der Waals surface area contributed by atoms with Crippen molar-refractivity contribution in [2.75, 3.05) is 6.61 Å². The van der Waals surface area contributed by atoms with Gasteiger partial charge in [0, 0.05) is 6.92 Å². The summed E-state index contributed by atoms with van der Waals surface area (Å²) in [5.41, 5.74) is 1.24. The maximum Gasteiger partial charge on any atom is 0.302 e. The topological polar surface area (TPSA) is 35.5 Å². The van der Waals surface area contributed by atoms with Crippen LogP contribution >= 0.6 is 0 Å². The van der Waals surface area contributed by atoms with Gasteiger partial charge in [-0.3, -0.25) is 4.79 Å². The van der Waals surface area contributed by atoms with Gasteiger partial charge in [-0.1, -0.05) is 0 Å². The molecule has 1 aliphatic heterocycles. The zero-order valence-electron chi connectivity index (χ0n) is 7.50. The molecule has 12 heavy (non-hydrogen) atoms. The second-order valence-corrected chi connectivity index (χ2v) is 3.06. The Hall–Kier alpha value is -0.990. The van der Waals surface area contributed by atoms with Crippen LogP contribution in [0, 0.1) is 0 Å². The number of carbonyl (C=O) groups is 1. The Balaban J connectivity index is 2.23. The largest absolute Gasteiger partial charge is 0.495 e. The Morgan fingerprint density at radius 1 is 1.83 bits per heavy atom. The number of hydrogen-bond acceptors (Lipinski definition) is 3. The summed E-state index contributed by atoms with van der Waals surface area (Å²) in [5.74, 6) is -0.245. The molecule has 0 aromatic heterocycles. The van der Waals surface area contributed by atoms with Crippen molar-refractivity contribution in [1.29, 1.82) is 0 Å². The first-order chi connectivity index (χ1) is 5.68. The smallest absolute Gasteiger partial charge is 0.302 e. The fourth-order valence-electron chi connectivity index (χ4n) is 1.06. The van der Waals surface area contributed by atoms with Gasteiger partial charge in [-0.25, -0.2) is 0 Å². The molecule has 0 aromatic carbocycles. The van der Waals surface area contributed by atoms with E-state index in [1.54, 1.807) is 6.26 Å². The minimum atomic E-state index is -0.245. The van der Waals surface area contributed by atoms with E-state index < -0.39 is 0 Å². The number of hydrogen-bond donors (Lipinski definition) is 0. The Morgan fingerprint density at radius 2 is 2.58 bits per heavy atom. The molecular weight excluding hydrogens is 156 g/mol. The number of rotatable bonds is 2. The van der Waals surface area contributed by atoms with Gasteiger partial charge in [0.15, 0.2) is 0 Å². The monoisotopic (exact) mass is 170 g/mol. The van der Waals surface area contributed by atoms with E-state index in [0.717, 1.165) is 12.8 Å². The molecule has 0 spiro atoms. The first kappa shape index (κ1) is 9.10. The second kappa shape index (κ2) is 4.14. The number of esters is 1. The first-order valence-corrected chi connectivity index (χ1v) is 4.13. The van der Waals surface area contributed by atoms with Crippen molar-refractivity contribution >= 4 is 5.97 Å². The van der Waals surface area contributed by atoms with Gasteiger partial charge >= 0.3 is 5.97 Å². The van der Waals surface area contributed by atoms with Gasteiger partial charge in [0.2, 0.25) is 0 Å². The quantitative estimate of drug-likeness (QED) is 0.591. The van der Waals surface area contributed by atoms with Crippen LogP contribution in [0.4, 0.5) is 0 Å². The molecule has 0 aromatic rings. The first-order valence-electron chi connectivity index (χ1n) is 4.13. The molecule has 1 aliphatic rings. The van der Waals surface area contributed by atoms with E-state index in [0.29, 0.717) is 6.61 Å². The molecule has 0 bridgehead atoms. The summed E-state index contributed by atoms with van der Waals surface area (Å²) in [7, 11) is 0. The Kier molecular flexibility index (Phi) is 3.14. The van der Waals surface area contributed by atoms with Gasteiger partial charge in [0.1, 0.15) is 12.7 Å². The van der Waals surface area contributed by atoms with E-state index in [4.69, 9.17) is 9.47 Å². The molecule has 3 heteroatoms. The van der Waals surface area contributed by atoms with Crippen LogP contribution in [0.1, 0.15) is 26.7 Å². The number of carbonyl (C=O) groups excluding carboxylic acids is 1. The van der Waals surface area contributed by atoms with Crippen LogP contribution in [0.25, 0.3) is 0 Å². The summed E-state index contributed by atoms with van der Waals surface area (Å²) in [6.45, 7) is 3.81. The van der Waals surface area contributed by atoms with Crippen LogP contribution in [0.15, 0.2) is 11.8 Å². The molecule has 1 heterocycles. The standard InChI is InChI=1S/C9H14O3/c1-7-3-4-9(12-5-7)6-11-8(2)10/h5,9H,3-4,6H2,1-2H3. The summed E-state index contributed by atoms with van der Waals surface area (Å²) in [5, 5.41) is 0. The molecule has 0 amide bonds. The maximum absolute atomic E-state index is 10.5. The third-order valence-electron chi connectivity index (χ3n) is 1.79. The van der Waals surface area contributed by atoms with Crippen molar-refractivity contribution in [3.05, 3.63) is 11.8 Å². The van der Waals surface area contributed by atoms with Crippen molar-refractivity contribution in [2.45, 2.75) is 32.8 Å². The van der Waals surface area contributed by atoms with Gasteiger partial charge in [0.05, 0.1) is 6.26 Å². The molecule has 0 saturated carbocycles. The van der Waals surface area contributed by atoms with Crippen LogP contribution in [-0.4, -0.2) is 18.7 Å². The fraction of sp³-hybridized carbons (Fsp3) is 0.667. The molecular formula is C9H14O3.